The molecule has 1 saturated heterocycles. The van der Waals surface area contributed by atoms with Gasteiger partial charge >= 0.3 is 0 Å². The summed E-state index contributed by atoms with van der Waals surface area (Å²) >= 11 is 0. The number of rotatable bonds is 3. The summed E-state index contributed by atoms with van der Waals surface area (Å²) in [6, 6.07) is 6.73. The molecule has 1 aromatic heterocycles. The molecular formula is C17H24N4O. The lowest BCUT2D eigenvalue weighted by atomic mass is 10.1. The van der Waals surface area contributed by atoms with Crippen molar-refractivity contribution in [2.24, 2.45) is 0 Å². The van der Waals surface area contributed by atoms with Crippen LogP contribution in [0.3, 0.4) is 0 Å². The van der Waals surface area contributed by atoms with Gasteiger partial charge in [0.1, 0.15) is 0 Å². The Morgan fingerprint density at radius 3 is 2.45 bits per heavy atom. The number of nitrogens with zero attached hydrogens (tertiary/aromatic N) is 4. The van der Waals surface area contributed by atoms with Crippen molar-refractivity contribution in [2.45, 2.75) is 33.7 Å². The second kappa shape index (κ2) is 6.08. The molecule has 22 heavy (non-hydrogen) atoms. The lowest BCUT2D eigenvalue weighted by molar-refractivity contribution is 0.164. The maximum Gasteiger partial charge on any atom is 0.243 e. The maximum absolute atomic E-state index is 5.31. The average molecular weight is 300 g/mol. The van der Waals surface area contributed by atoms with E-state index in [2.05, 4.69) is 58.9 Å². The minimum Gasteiger partial charge on any atom is -0.369 e. The van der Waals surface area contributed by atoms with Gasteiger partial charge in [0, 0.05) is 31.9 Å². The van der Waals surface area contributed by atoms with Crippen LogP contribution in [0.5, 0.6) is 0 Å². The smallest absolute Gasteiger partial charge is 0.243 e. The van der Waals surface area contributed by atoms with Gasteiger partial charge < -0.3 is 9.42 Å². The van der Waals surface area contributed by atoms with Gasteiger partial charge in [-0.15, -0.1) is 0 Å². The quantitative estimate of drug-likeness (QED) is 0.872. The Morgan fingerprint density at radius 1 is 1.09 bits per heavy atom. The highest BCUT2D eigenvalue weighted by atomic mass is 16.5. The first-order valence-electron chi connectivity index (χ1n) is 7.91. The van der Waals surface area contributed by atoms with Crippen LogP contribution in [0.1, 0.15) is 35.8 Å². The van der Waals surface area contributed by atoms with Crippen molar-refractivity contribution >= 4 is 5.69 Å². The summed E-state index contributed by atoms with van der Waals surface area (Å²) in [6.07, 6.45) is 0. The largest absolute Gasteiger partial charge is 0.369 e. The molecule has 0 bridgehead atoms. The molecule has 1 aliphatic heterocycles. The molecule has 5 heteroatoms. The Labute approximate surface area is 131 Å². The van der Waals surface area contributed by atoms with Gasteiger partial charge in [-0.2, -0.15) is 4.98 Å². The van der Waals surface area contributed by atoms with E-state index < -0.39 is 0 Å². The van der Waals surface area contributed by atoms with Crippen molar-refractivity contribution in [2.75, 3.05) is 31.1 Å². The Kier molecular flexibility index (Phi) is 4.16. The molecule has 0 radical (unpaired) electrons. The van der Waals surface area contributed by atoms with E-state index in [-0.39, 0.29) is 6.04 Å². The molecule has 0 saturated carbocycles. The third-order valence-electron chi connectivity index (χ3n) is 4.68. The van der Waals surface area contributed by atoms with Crippen LogP contribution >= 0.6 is 0 Å². The molecule has 1 atom stereocenters. The van der Waals surface area contributed by atoms with E-state index in [1.54, 1.807) is 0 Å². The van der Waals surface area contributed by atoms with E-state index >= 15 is 0 Å². The Hall–Kier alpha value is -1.88. The predicted octanol–water partition coefficient (Wildman–Crippen LogP) is 2.88. The van der Waals surface area contributed by atoms with Crippen LogP contribution in [0.4, 0.5) is 5.69 Å². The lowest BCUT2D eigenvalue weighted by Gasteiger charge is -2.38. The highest BCUT2D eigenvalue weighted by Crippen LogP contribution is 2.26. The van der Waals surface area contributed by atoms with Crippen molar-refractivity contribution < 1.29 is 4.52 Å². The Balaban J connectivity index is 1.66. The molecule has 1 fully saturated rings. The van der Waals surface area contributed by atoms with E-state index in [4.69, 9.17) is 4.52 Å². The van der Waals surface area contributed by atoms with Crippen molar-refractivity contribution in [3.8, 4) is 0 Å². The molecule has 0 amide bonds. The van der Waals surface area contributed by atoms with Crippen LogP contribution in [0, 0.1) is 20.8 Å². The molecule has 0 spiro atoms. The fourth-order valence-corrected chi connectivity index (χ4v) is 3.07. The maximum atomic E-state index is 5.31. The summed E-state index contributed by atoms with van der Waals surface area (Å²) in [5.41, 5.74) is 4.10. The third kappa shape index (κ3) is 2.86. The number of hydrogen-bond donors (Lipinski definition) is 0. The first-order valence-corrected chi connectivity index (χ1v) is 7.91. The van der Waals surface area contributed by atoms with E-state index in [0.29, 0.717) is 5.82 Å². The molecule has 2 aromatic rings. The van der Waals surface area contributed by atoms with E-state index in [0.717, 1.165) is 32.1 Å². The van der Waals surface area contributed by atoms with Gasteiger partial charge in [-0.1, -0.05) is 17.3 Å². The van der Waals surface area contributed by atoms with Crippen molar-refractivity contribution in [3.63, 3.8) is 0 Å². The molecule has 118 valence electrons. The van der Waals surface area contributed by atoms with Gasteiger partial charge in [0.2, 0.25) is 5.89 Å². The third-order valence-corrected chi connectivity index (χ3v) is 4.68. The molecule has 1 aromatic carbocycles. The van der Waals surface area contributed by atoms with Crippen molar-refractivity contribution in [1.82, 2.24) is 15.0 Å². The zero-order valence-electron chi connectivity index (χ0n) is 13.8. The molecule has 0 aliphatic carbocycles. The zero-order valence-corrected chi connectivity index (χ0v) is 13.8. The van der Waals surface area contributed by atoms with E-state index in [1.807, 2.05) is 6.92 Å². The normalized spacial score (nSPS) is 17.7. The zero-order chi connectivity index (χ0) is 15.7. The lowest BCUT2D eigenvalue weighted by Crippen LogP contribution is -2.47. The van der Waals surface area contributed by atoms with Gasteiger partial charge in [-0.05, 0) is 44.9 Å². The SMILES string of the molecule is Cc1noc([C@H](C)N2CCN(c3cccc(C)c3C)CC2)n1. The van der Waals surface area contributed by atoms with E-state index in [9.17, 15) is 0 Å². The van der Waals surface area contributed by atoms with Crippen LogP contribution in [-0.2, 0) is 0 Å². The van der Waals surface area contributed by atoms with Gasteiger partial charge in [0.25, 0.3) is 0 Å². The Morgan fingerprint density at radius 2 is 1.82 bits per heavy atom. The predicted molar refractivity (Wildman–Crippen MR) is 87.2 cm³/mol. The van der Waals surface area contributed by atoms with Gasteiger partial charge in [0.15, 0.2) is 5.82 Å². The topological polar surface area (TPSA) is 45.4 Å². The molecule has 3 rings (SSSR count). The van der Waals surface area contributed by atoms with Crippen molar-refractivity contribution in [3.05, 3.63) is 41.0 Å². The number of anilines is 1. The molecule has 1 aliphatic rings. The number of piperazine rings is 1. The standard InChI is InChI=1S/C17H24N4O/c1-12-6-5-7-16(13(12)2)21-10-8-20(9-11-21)14(3)17-18-15(4)19-22-17/h5-7,14H,8-11H2,1-4H3/t14-/m0/s1. The van der Waals surface area contributed by atoms with Gasteiger partial charge in [-0.25, -0.2) is 0 Å². The second-order valence-electron chi connectivity index (χ2n) is 6.10. The summed E-state index contributed by atoms with van der Waals surface area (Å²) in [5.74, 6) is 1.42. The fourth-order valence-electron chi connectivity index (χ4n) is 3.07. The van der Waals surface area contributed by atoms with Crippen molar-refractivity contribution in [1.29, 1.82) is 0 Å². The number of hydrogen-bond acceptors (Lipinski definition) is 5. The molecule has 5 nitrogen and oxygen atoms in total. The summed E-state index contributed by atoms with van der Waals surface area (Å²) < 4.78 is 5.31. The second-order valence-corrected chi connectivity index (χ2v) is 6.10. The molecule has 0 unspecified atom stereocenters. The number of benzene rings is 1. The van der Waals surface area contributed by atoms with Crippen LogP contribution in [0.25, 0.3) is 0 Å². The number of aryl methyl sites for hydroxylation is 2. The summed E-state index contributed by atoms with van der Waals surface area (Å²) in [5, 5.41) is 3.89. The summed E-state index contributed by atoms with van der Waals surface area (Å²) in [7, 11) is 0. The first kappa shape index (κ1) is 15.0. The highest BCUT2D eigenvalue weighted by Gasteiger charge is 2.26. The molecular weight excluding hydrogens is 276 g/mol. The highest BCUT2D eigenvalue weighted by molar-refractivity contribution is 5.56. The average Bonchev–Trinajstić information content (AvgIpc) is 2.96. The van der Waals surface area contributed by atoms with Crippen LogP contribution < -0.4 is 4.90 Å². The first-order chi connectivity index (χ1) is 10.6. The Bertz CT molecular complexity index is 644. The van der Waals surface area contributed by atoms with Gasteiger partial charge in [-0.3, -0.25) is 4.90 Å². The molecule has 2 heterocycles. The van der Waals surface area contributed by atoms with Crippen LogP contribution in [-0.4, -0.2) is 41.2 Å². The minimum absolute atomic E-state index is 0.182. The van der Waals surface area contributed by atoms with E-state index in [1.165, 1.54) is 16.8 Å². The summed E-state index contributed by atoms with van der Waals surface area (Å²) in [6.45, 7) is 12.5. The van der Waals surface area contributed by atoms with Crippen LogP contribution in [0.15, 0.2) is 22.7 Å². The minimum atomic E-state index is 0.182. The number of aromatic nitrogens is 2. The monoisotopic (exact) mass is 300 g/mol. The summed E-state index contributed by atoms with van der Waals surface area (Å²) in [4.78, 5) is 9.24. The van der Waals surface area contributed by atoms with Gasteiger partial charge in [0.05, 0.1) is 6.04 Å². The fraction of sp³-hybridized carbons (Fsp3) is 0.529. The molecule has 0 N–H and O–H groups in total. The van der Waals surface area contributed by atoms with Crippen LogP contribution in [0.2, 0.25) is 0 Å².